The Hall–Kier alpha value is -3.98. The van der Waals surface area contributed by atoms with Crippen molar-refractivity contribution in [3.8, 4) is 23.4 Å². The highest BCUT2D eigenvalue weighted by Gasteiger charge is 2.27. The van der Waals surface area contributed by atoms with Crippen LogP contribution < -0.4 is 0 Å². The molecule has 140 valence electrons. The molecule has 0 aliphatic heterocycles. The lowest BCUT2D eigenvalue weighted by molar-refractivity contribution is 0.445. The minimum Gasteiger partial charge on any atom is -0.492 e. The molecule has 1 aliphatic rings. The van der Waals surface area contributed by atoms with Gasteiger partial charge in [-0.25, -0.2) is 4.68 Å². The van der Waals surface area contributed by atoms with E-state index in [1.807, 2.05) is 16.8 Å². The molecule has 3 aromatic heterocycles. The van der Waals surface area contributed by atoms with Crippen LogP contribution in [0.1, 0.15) is 40.4 Å². The van der Waals surface area contributed by atoms with Crippen molar-refractivity contribution in [1.29, 1.82) is 0 Å². The van der Waals surface area contributed by atoms with Gasteiger partial charge in [0.15, 0.2) is 0 Å². The van der Waals surface area contributed by atoms with Gasteiger partial charge in [0.2, 0.25) is 5.88 Å². The maximum Gasteiger partial charge on any atom is 0.231 e. The van der Waals surface area contributed by atoms with Gasteiger partial charge in [-0.2, -0.15) is 5.10 Å². The lowest BCUT2D eigenvalue weighted by Gasteiger charge is -2.09. The summed E-state index contributed by atoms with van der Waals surface area (Å²) >= 11 is 0. The second-order valence-electron chi connectivity index (χ2n) is 6.94. The van der Waals surface area contributed by atoms with Crippen LogP contribution >= 0.6 is 0 Å². The molecule has 0 spiro atoms. The van der Waals surface area contributed by atoms with Gasteiger partial charge in [0.05, 0.1) is 17.6 Å². The predicted octanol–water partition coefficient (Wildman–Crippen LogP) is 3.24. The van der Waals surface area contributed by atoms with Crippen LogP contribution in [-0.2, 0) is 6.42 Å². The molecule has 1 N–H and O–H groups in total. The van der Waals surface area contributed by atoms with Crippen LogP contribution in [0.3, 0.4) is 0 Å². The lowest BCUT2D eigenvalue weighted by atomic mass is 9.97. The van der Waals surface area contributed by atoms with Crippen LogP contribution in [0, 0.1) is 11.8 Å². The molecule has 29 heavy (non-hydrogen) atoms. The number of hydrogen-bond donors (Lipinski definition) is 1. The van der Waals surface area contributed by atoms with Gasteiger partial charge >= 0.3 is 0 Å². The first-order chi connectivity index (χ1) is 14.3. The first-order valence-corrected chi connectivity index (χ1v) is 9.40. The van der Waals surface area contributed by atoms with E-state index < -0.39 is 0 Å². The summed E-state index contributed by atoms with van der Waals surface area (Å²) in [4.78, 5) is 4.31. The smallest absolute Gasteiger partial charge is 0.231 e. The Balaban J connectivity index is 1.43. The van der Waals surface area contributed by atoms with Crippen LogP contribution in [0.5, 0.6) is 5.88 Å². The molecule has 6 nitrogen and oxygen atoms in total. The van der Waals surface area contributed by atoms with Crippen molar-refractivity contribution in [2.24, 2.45) is 0 Å². The Bertz CT molecular complexity index is 1220. The van der Waals surface area contributed by atoms with Crippen molar-refractivity contribution in [2.75, 3.05) is 0 Å². The van der Waals surface area contributed by atoms with Gasteiger partial charge in [-0.15, -0.1) is 10.2 Å². The molecule has 0 amide bonds. The number of benzene rings is 1. The van der Waals surface area contributed by atoms with Crippen molar-refractivity contribution in [2.45, 2.75) is 18.8 Å². The fourth-order valence-corrected chi connectivity index (χ4v) is 3.64. The van der Waals surface area contributed by atoms with Gasteiger partial charge in [-0.3, -0.25) is 4.98 Å². The number of nitrogens with zero attached hydrogens (tertiary/aromatic N) is 5. The van der Waals surface area contributed by atoms with Crippen LogP contribution in [0.4, 0.5) is 0 Å². The third-order valence-corrected chi connectivity index (χ3v) is 5.03. The Morgan fingerprint density at radius 3 is 2.72 bits per heavy atom. The maximum absolute atomic E-state index is 9.20. The summed E-state index contributed by atoms with van der Waals surface area (Å²) in [7, 11) is 0. The van der Waals surface area contributed by atoms with Crippen molar-refractivity contribution < 1.29 is 5.11 Å². The Morgan fingerprint density at radius 1 is 1.00 bits per heavy atom. The number of aryl methyl sites for hydroxylation is 1. The van der Waals surface area contributed by atoms with E-state index in [1.165, 1.54) is 17.2 Å². The van der Waals surface area contributed by atoms with E-state index in [-0.39, 0.29) is 5.88 Å². The van der Waals surface area contributed by atoms with E-state index in [0.717, 1.165) is 29.8 Å². The fraction of sp³-hybridized carbons (Fsp3) is 0.130. The predicted molar refractivity (Wildman–Crippen MR) is 108 cm³/mol. The zero-order valence-electron chi connectivity index (χ0n) is 15.5. The number of rotatable bonds is 2. The van der Waals surface area contributed by atoms with Gasteiger partial charge in [-0.1, -0.05) is 36.3 Å². The quantitative estimate of drug-likeness (QED) is 0.541. The summed E-state index contributed by atoms with van der Waals surface area (Å²) in [5.41, 5.74) is 5.85. The summed E-state index contributed by atoms with van der Waals surface area (Å²) < 4.78 is 1.89. The summed E-state index contributed by atoms with van der Waals surface area (Å²) in [5.74, 6) is 6.19. The molecule has 5 rings (SSSR count). The monoisotopic (exact) mass is 379 g/mol. The van der Waals surface area contributed by atoms with Gasteiger partial charge in [-0.05, 0) is 42.0 Å². The van der Waals surface area contributed by atoms with Gasteiger partial charge in [0.25, 0.3) is 0 Å². The first-order valence-electron chi connectivity index (χ1n) is 9.40. The zero-order valence-corrected chi connectivity index (χ0v) is 15.5. The summed E-state index contributed by atoms with van der Waals surface area (Å²) in [6, 6.07) is 15.6. The average molecular weight is 379 g/mol. The van der Waals surface area contributed by atoms with E-state index in [9.17, 15) is 5.11 Å². The molecule has 0 bridgehead atoms. The maximum atomic E-state index is 9.20. The molecule has 1 atom stereocenters. The highest BCUT2D eigenvalue weighted by atomic mass is 16.3. The topological polar surface area (TPSA) is 76.7 Å². The summed E-state index contributed by atoms with van der Waals surface area (Å²) in [5, 5.41) is 21.5. The van der Waals surface area contributed by atoms with E-state index in [1.54, 1.807) is 18.5 Å². The molecule has 1 aromatic carbocycles. The lowest BCUT2D eigenvalue weighted by Crippen LogP contribution is -2.02. The number of hydrogen-bond acceptors (Lipinski definition) is 5. The molecular weight excluding hydrogens is 362 g/mol. The number of aromatic hydroxyl groups is 1. The van der Waals surface area contributed by atoms with E-state index in [4.69, 9.17) is 5.10 Å². The van der Waals surface area contributed by atoms with Gasteiger partial charge in [0.1, 0.15) is 5.69 Å². The van der Waals surface area contributed by atoms with Gasteiger partial charge < -0.3 is 5.11 Å². The van der Waals surface area contributed by atoms with Crippen LogP contribution in [0.25, 0.3) is 5.69 Å². The molecule has 0 fully saturated rings. The third kappa shape index (κ3) is 3.46. The molecule has 0 radical (unpaired) electrons. The SMILES string of the molecule is Oc1ccc(C#Cc2cncc(-n3cc4c(n3)C(c3ccccc3)CC4)c2)nn1. The Kier molecular flexibility index (Phi) is 4.26. The van der Waals surface area contributed by atoms with E-state index in [0.29, 0.717) is 11.6 Å². The van der Waals surface area contributed by atoms with Crippen molar-refractivity contribution in [3.63, 3.8) is 0 Å². The highest BCUT2D eigenvalue weighted by molar-refractivity contribution is 5.45. The molecular formula is C23H17N5O. The summed E-state index contributed by atoms with van der Waals surface area (Å²) in [6.07, 6.45) is 7.71. The molecule has 1 aliphatic carbocycles. The fourth-order valence-electron chi connectivity index (χ4n) is 3.64. The largest absolute Gasteiger partial charge is 0.492 e. The average Bonchev–Trinajstić information content (AvgIpc) is 3.35. The number of pyridine rings is 1. The number of aromatic nitrogens is 5. The standard InChI is InChI=1S/C23H17N5O/c29-22-11-9-19(25-26-22)8-6-16-12-20(14-24-13-16)28-15-18-7-10-21(23(18)27-28)17-4-2-1-3-5-17/h1-5,9,11-15,21H,7,10H2,(H,26,29). The second-order valence-corrected chi connectivity index (χ2v) is 6.94. The van der Waals surface area contributed by atoms with Crippen molar-refractivity contribution in [3.05, 3.63) is 95.2 Å². The molecule has 6 heteroatoms. The van der Waals surface area contributed by atoms with Crippen LogP contribution in [-0.4, -0.2) is 30.1 Å². The second kappa shape index (κ2) is 7.21. The molecule has 3 heterocycles. The highest BCUT2D eigenvalue weighted by Crippen LogP contribution is 2.37. The molecule has 0 saturated carbocycles. The Labute approximate surface area is 167 Å². The van der Waals surface area contributed by atoms with Crippen LogP contribution in [0.15, 0.2) is 67.1 Å². The third-order valence-electron chi connectivity index (χ3n) is 5.03. The zero-order chi connectivity index (χ0) is 19.6. The Morgan fingerprint density at radius 2 is 1.90 bits per heavy atom. The molecule has 1 unspecified atom stereocenters. The van der Waals surface area contributed by atoms with E-state index in [2.05, 4.69) is 57.5 Å². The van der Waals surface area contributed by atoms with Crippen molar-refractivity contribution >= 4 is 0 Å². The van der Waals surface area contributed by atoms with Gasteiger partial charge in [0, 0.05) is 29.9 Å². The van der Waals surface area contributed by atoms with Crippen molar-refractivity contribution in [1.82, 2.24) is 25.0 Å². The van der Waals surface area contributed by atoms with E-state index >= 15 is 0 Å². The summed E-state index contributed by atoms with van der Waals surface area (Å²) in [6.45, 7) is 0. The normalized spacial score (nSPS) is 14.8. The van der Waals surface area contributed by atoms with Crippen LogP contribution in [0.2, 0.25) is 0 Å². The first kappa shape index (κ1) is 17.1. The molecule has 0 saturated heterocycles. The minimum absolute atomic E-state index is 0.125. The minimum atomic E-state index is -0.125. The number of fused-ring (bicyclic) bond motifs is 1. The molecule has 4 aromatic rings.